The molecule has 15 heteroatoms. The molecule has 0 unspecified atom stereocenters. The Labute approximate surface area is 167 Å². The van der Waals surface area contributed by atoms with Crippen LogP contribution < -0.4 is 40.0 Å². The van der Waals surface area contributed by atoms with Crippen LogP contribution in [0.25, 0.3) is 0 Å². The zero-order valence-corrected chi connectivity index (χ0v) is 17.8. The number of nitrogens with two attached hydrogens (primary N) is 1. The first-order chi connectivity index (χ1) is 10.7. The Morgan fingerprint density at radius 3 is 1.92 bits per heavy atom. The number of benzene rings is 1. The van der Waals surface area contributed by atoms with Crippen molar-refractivity contribution >= 4 is 30.9 Å². The van der Waals surface area contributed by atoms with Crippen molar-refractivity contribution in [3.05, 3.63) is 24.3 Å². The number of nitrogen functional groups attached to an aromatic ring is 1. The van der Waals surface area contributed by atoms with Crippen LogP contribution in [-0.4, -0.2) is 44.7 Å². The molecule has 0 aliphatic rings. The van der Waals surface area contributed by atoms with Gasteiger partial charge in [-0.25, -0.2) is 13.1 Å². The minimum atomic E-state index is -5.55. The van der Waals surface area contributed by atoms with Crippen LogP contribution in [0.1, 0.15) is 14.3 Å². The maximum Gasteiger partial charge on any atom is 1.00 e. The van der Waals surface area contributed by atoms with Crippen molar-refractivity contribution in [2.24, 2.45) is 0 Å². The zero-order chi connectivity index (χ0) is 18.8. The van der Waals surface area contributed by atoms with Crippen LogP contribution in [0.2, 0.25) is 0 Å². The summed E-state index contributed by atoms with van der Waals surface area (Å²) in [6.07, 6.45) is -1.44. The van der Waals surface area contributed by atoms with Gasteiger partial charge in [-0.05, 0) is 30.7 Å². The number of sulfonamides is 1. The van der Waals surface area contributed by atoms with Crippen molar-refractivity contribution in [1.82, 2.24) is 4.72 Å². The monoisotopic (exact) mass is 428 g/mol. The molecule has 0 bridgehead atoms. The number of aliphatic hydroxyl groups is 1. The van der Waals surface area contributed by atoms with E-state index in [9.17, 15) is 22.7 Å². The van der Waals surface area contributed by atoms with Crippen molar-refractivity contribution in [2.45, 2.75) is 22.8 Å². The molecule has 0 aliphatic heterocycles. The predicted octanol–water partition coefficient (Wildman–Crippen LogP) is -3.55. The zero-order valence-electron chi connectivity index (χ0n) is 14.2. The minimum Gasteiger partial charge on any atom is -1.00 e. The molecule has 0 saturated carbocycles. The summed E-state index contributed by atoms with van der Waals surface area (Å²) in [5.74, 6) is 0. The molecular weight excluding hydrogens is 409 g/mol. The summed E-state index contributed by atoms with van der Waals surface area (Å²) in [6, 6.07) is 5.18. The van der Waals surface area contributed by atoms with E-state index in [1.807, 2.05) is 0 Å². The summed E-state index contributed by atoms with van der Waals surface area (Å²) in [6.45, 7) is -0.408. The summed E-state index contributed by atoms with van der Waals surface area (Å²) in [5.41, 5.74) is 5.78. The standard InChI is InChI=1S/C10H18N2O9P2S.Na.H/c11-8-2-4-9(5-3-8)24(20,21)12-7-1-6-10(13,22(14,15)16)23(17,18)19;;/h2-5,12-13H,1,6-7,11H2,(H2,14,15,16)(H2,17,18,19);;/q;+1;-1. The summed E-state index contributed by atoms with van der Waals surface area (Å²) >= 11 is 0. The van der Waals surface area contributed by atoms with E-state index in [1.54, 1.807) is 0 Å². The largest absolute Gasteiger partial charge is 1.00 e. The second kappa shape index (κ2) is 8.92. The number of anilines is 1. The van der Waals surface area contributed by atoms with E-state index >= 15 is 0 Å². The van der Waals surface area contributed by atoms with Gasteiger partial charge in [0.15, 0.2) is 0 Å². The second-order valence-electron chi connectivity index (χ2n) is 4.93. The number of rotatable bonds is 8. The second-order valence-corrected chi connectivity index (χ2v) is 10.7. The van der Waals surface area contributed by atoms with Crippen LogP contribution in [0.4, 0.5) is 5.69 Å². The molecule has 0 fully saturated rings. The summed E-state index contributed by atoms with van der Waals surface area (Å²) in [7, 11) is -15.0. The third kappa shape index (κ3) is 6.39. The van der Waals surface area contributed by atoms with Gasteiger partial charge in [0.1, 0.15) is 0 Å². The molecule has 0 aliphatic carbocycles. The van der Waals surface area contributed by atoms with Crippen molar-refractivity contribution < 1.29 is 73.2 Å². The molecule has 8 N–H and O–H groups in total. The van der Waals surface area contributed by atoms with Crippen LogP contribution in [0.5, 0.6) is 0 Å². The van der Waals surface area contributed by atoms with E-state index < -0.39 is 49.7 Å². The Hall–Kier alpha value is 0.190. The van der Waals surface area contributed by atoms with Gasteiger partial charge >= 0.3 is 44.7 Å². The van der Waals surface area contributed by atoms with Gasteiger partial charge in [-0.1, -0.05) is 0 Å². The quantitative estimate of drug-likeness (QED) is 0.0938. The number of nitrogens with one attached hydrogen (secondary N) is 1. The van der Waals surface area contributed by atoms with Crippen molar-refractivity contribution in [3.8, 4) is 0 Å². The molecule has 0 atom stereocenters. The molecule has 0 aromatic heterocycles. The number of hydrogen-bond acceptors (Lipinski definition) is 6. The first-order valence-corrected chi connectivity index (χ1v) is 11.1. The average molecular weight is 428 g/mol. The molecule has 0 amide bonds. The number of hydrogen-bond donors (Lipinski definition) is 7. The summed E-state index contributed by atoms with van der Waals surface area (Å²) < 4.78 is 48.3. The molecular formula is C10H19N2NaO9P2S. The minimum absolute atomic E-state index is 0. The summed E-state index contributed by atoms with van der Waals surface area (Å²) in [4.78, 5) is 35.7. The van der Waals surface area contributed by atoms with Gasteiger partial charge in [-0.3, -0.25) is 9.13 Å². The SMILES string of the molecule is Nc1ccc(S(=O)(=O)NCCCC(O)(P(=O)(O)O)P(=O)(O)O)cc1.[H-].[Na+]. The van der Waals surface area contributed by atoms with Crippen LogP contribution >= 0.6 is 15.2 Å². The van der Waals surface area contributed by atoms with Gasteiger partial charge in [0.25, 0.3) is 5.08 Å². The average Bonchev–Trinajstić information content (AvgIpc) is 2.41. The van der Waals surface area contributed by atoms with Gasteiger partial charge in [0, 0.05) is 18.7 Å². The molecule has 25 heavy (non-hydrogen) atoms. The normalized spacial score (nSPS) is 13.3. The van der Waals surface area contributed by atoms with E-state index in [-0.39, 0.29) is 35.9 Å². The van der Waals surface area contributed by atoms with Crippen LogP contribution in [-0.2, 0) is 19.2 Å². The van der Waals surface area contributed by atoms with E-state index in [0.717, 1.165) is 0 Å². The predicted molar refractivity (Wildman–Crippen MR) is 85.4 cm³/mol. The maximum absolute atomic E-state index is 11.9. The Balaban J connectivity index is 0. The Kier molecular flexibility index (Phi) is 8.99. The van der Waals surface area contributed by atoms with Crippen LogP contribution in [0.15, 0.2) is 29.2 Å². The van der Waals surface area contributed by atoms with Crippen molar-refractivity contribution in [3.63, 3.8) is 0 Å². The fourth-order valence-electron chi connectivity index (χ4n) is 1.72. The van der Waals surface area contributed by atoms with Gasteiger partial charge in [0.05, 0.1) is 4.90 Å². The van der Waals surface area contributed by atoms with Crippen molar-refractivity contribution in [2.75, 3.05) is 12.3 Å². The van der Waals surface area contributed by atoms with E-state index in [4.69, 9.17) is 25.3 Å². The van der Waals surface area contributed by atoms with E-state index in [1.165, 1.54) is 24.3 Å². The van der Waals surface area contributed by atoms with Gasteiger partial charge in [-0.15, -0.1) is 0 Å². The third-order valence-electron chi connectivity index (χ3n) is 3.10. The molecule has 0 saturated heterocycles. The molecule has 0 heterocycles. The third-order valence-corrected chi connectivity index (χ3v) is 8.46. The Morgan fingerprint density at radius 2 is 1.52 bits per heavy atom. The Bertz CT molecular complexity index is 758. The van der Waals surface area contributed by atoms with Gasteiger partial charge in [-0.2, -0.15) is 0 Å². The Morgan fingerprint density at radius 1 is 1.08 bits per heavy atom. The fraction of sp³-hybridized carbons (Fsp3) is 0.400. The van der Waals surface area contributed by atoms with E-state index in [2.05, 4.69) is 4.72 Å². The molecule has 1 aromatic rings. The molecule has 11 nitrogen and oxygen atoms in total. The van der Waals surface area contributed by atoms with Crippen LogP contribution in [0, 0.1) is 0 Å². The smallest absolute Gasteiger partial charge is 1.00 e. The molecule has 0 spiro atoms. The first-order valence-electron chi connectivity index (χ1n) is 6.39. The van der Waals surface area contributed by atoms with Crippen molar-refractivity contribution in [1.29, 1.82) is 0 Å². The molecule has 1 aromatic carbocycles. The van der Waals surface area contributed by atoms with Crippen LogP contribution in [0.3, 0.4) is 0 Å². The van der Waals surface area contributed by atoms with E-state index in [0.29, 0.717) is 5.69 Å². The topological polar surface area (TPSA) is 207 Å². The maximum atomic E-state index is 11.9. The van der Waals surface area contributed by atoms with Gasteiger partial charge in [0.2, 0.25) is 10.0 Å². The van der Waals surface area contributed by atoms with Gasteiger partial charge < -0.3 is 31.8 Å². The fourth-order valence-corrected chi connectivity index (χ4v) is 5.05. The molecule has 140 valence electrons. The molecule has 1 rings (SSSR count). The summed E-state index contributed by atoms with van der Waals surface area (Å²) in [5, 5.41) is 6.08. The molecule has 0 radical (unpaired) electrons. The first kappa shape index (κ1) is 25.2.